The SMILES string of the molecule is CN(Cc1cccc(CN)c1)C(=O)C1(C)CCCC1. The Morgan fingerprint density at radius 3 is 2.58 bits per heavy atom. The minimum atomic E-state index is -0.139. The van der Waals surface area contributed by atoms with Crippen LogP contribution < -0.4 is 5.73 Å². The van der Waals surface area contributed by atoms with Crippen LogP contribution in [0.15, 0.2) is 24.3 Å². The molecule has 0 bridgehead atoms. The minimum Gasteiger partial charge on any atom is -0.341 e. The molecule has 1 fully saturated rings. The van der Waals surface area contributed by atoms with Gasteiger partial charge in [-0.05, 0) is 24.0 Å². The van der Waals surface area contributed by atoms with Crippen molar-refractivity contribution in [1.29, 1.82) is 0 Å². The second kappa shape index (κ2) is 5.74. The van der Waals surface area contributed by atoms with Gasteiger partial charge in [0.25, 0.3) is 0 Å². The van der Waals surface area contributed by atoms with E-state index in [9.17, 15) is 4.79 Å². The van der Waals surface area contributed by atoms with Crippen LogP contribution in [0.3, 0.4) is 0 Å². The van der Waals surface area contributed by atoms with Gasteiger partial charge in [-0.25, -0.2) is 0 Å². The second-order valence-corrected chi connectivity index (χ2v) is 5.95. The molecule has 104 valence electrons. The zero-order valence-corrected chi connectivity index (χ0v) is 12.0. The molecule has 1 aromatic carbocycles. The Balaban J connectivity index is 2.03. The number of nitrogens with two attached hydrogens (primary N) is 1. The van der Waals surface area contributed by atoms with Crippen molar-refractivity contribution in [3.8, 4) is 0 Å². The highest BCUT2D eigenvalue weighted by atomic mass is 16.2. The molecule has 1 aliphatic rings. The number of rotatable bonds is 4. The van der Waals surface area contributed by atoms with E-state index in [1.54, 1.807) is 0 Å². The summed E-state index contributed by atoms with van der Waals surface area (Å²) in [7, 11) is 1.90. The Bertz CT molecular complexity index is 450. The fourth-order valence-electron chi connectivity index (χ4n) is 3.03. The normalized spacial score (nSPS) is 17.4. The fraction of sp³-hybridized carbons (Fsp3) is 0.562. The topological polar surface area (TPSA) is 46.3 Å². The molecule has 0 unspecified atom stereocenters. The van der Waals surface area contributed by atoms with Crippen LogP contribution in [0.2, 0.25) is 0 Å². The zero-order chi connectivity index (χ0) is 13.9. The standard InChI is InChI=1S/C16H24N2O/c1-16(8-3-4-9-16)15(19)18(2)12-14-7-5-6-13(10-14)11-17/h5-7,10H,3-4,8-9,11-12,17H2,1-2H3. The Morgan fingerprint density at radius 1 is 1.32 bits per heavy atom. The van der Waals surface area contributed by atoms with Gasteiger partial charge in [0.05, 0.1) is 0 Å². The van der Waals surface area contributed by atoms with Crippen molar-refractivity contribution in [3.63, 3.8) is 0 Å². The number of nitrogens with zero attached hydrogens (tertiary/aromatic N) is 1. The Labute approximate surface area is 115 Å². The molecule has 0 saturated heterocycles. The highest BCUT2D eigenvalue weighted by Crippen LogP contribution is 2.39. The molecule has 2 N–H and O–H groups in total. The third-order valence-electron chi connectivity index (χ3n) is 4.22. The van der Waals surface area contributed by atoms with Gasteiger partial charge in [0.1, 0.15) is 0 Å². The maximum Gasteiger partial charge on any atom is 0.228 e. The lowest BCUT2D eigenvalue weighted by molar-refractivity contribution is -0.140. The summed E-state index contributed by atoms with van der Waals surface area (Å²) in [5.74, 6) is 0.281. The van der Waals surface area contributed by atoms with E-state index in [4.69, 9.17) is 5.73 Å². The number of carbonyl (C=O) groups is 1. The van der Waals surface area contributed by atoms with Gasteiger partial charge in [0, 0.05) is 25.6 Å². The maximum absolute atomic E-state index is 12.5. The lowest BCUT2D eigenvalue weighted by Gasteiger charge is -2.29. The van der Waals surface area contributed by atoms with E-state index in [0.717, 1.165) is 24.0 Å². The Hall–Kier alpha value is -1.35. The highest BCUT2D eigenvalue weighted by Gasteiger charge is 2.37. The van der Waals surface area contributed by atoms with Gasteiger partial charge < -0.3 is 10.6 Å². The summed E-state index contributed by atoms with van der Waals surface area (Å²) in [6, 6.07) is 8.16. The molecule has 0 radical (unpaired) electrons. The Kier molecular flexibility index (Phi) is 4.25. The predicted octanol–water partition coefficient (Wildman–Crippen LogP) is 2.68. The number of carbonyl (C=O) groups excluding carboxylic acids is 1. The zero-order valence-electron chi connectivity index (χ0n) is 12.0. The molecule has 0 heterocycles. The lowest BCUT2D eigenvalue weighted by atomic mass is 9.87. The van der Waals surface area contributed by atoms with Crippen LogP contribution in [0.5, 0.6) is 0 Å². The quantitative estimate of drug-likeness (QED) is 0.904. The van der Waals surface area contributed by atoms with Crippen molar-refractivity contribution in [3.05, 3.63) is 35.4 Å². The number of hydrogen-bond acceptors (Lipinski definition) is 2. The van der Waals surface area contributed by atoms with E-state index >= 15 is 0 Å². The fourth-order valence-corrected chi connectivity index (χ4v) is 3.03. The number of hydrogen-bond donors (Lipinski definition) is 1. The smallest absolute Gasteiger partial charge is 0.228 e. The molecule has 0 aromatic heterocycles. The molecule has 3 heteroatoms. The molecule has 19 heavy (non-hydrogen) atoms. The molecular formula is C16H24N2O. The third-order valence-corrected chi connectivity index (χ3v) is 4.22. The van der Waals surface area contributed by atoms with Crippen LogP contribution in [-0.2, 0) is 17.9 Å². The summed E-state index contributed by atoms with van der Waals surface area (Å²) in [4.78, 5) is 14.4. The molecule has 3 nitrogen and oxygen atoms in total. The summed E-state index contributed by atoms with van der Waals surface area (Å²) in [5.41, 5.74) is 7.78. The molecule has 0 aliphatic heterocycles. The van der Waals surface area contributed by atoms with Crippen molar-refractivity contribution in [1.82, 2.24) is 4.90 Å². The van der Waals surface area contributed by atoms with Crippen molar-refractivity contribution < 1.29 is 4.79 Å². The predicted molar refractivity (Wildman–Crippen MR) is 77.4 cm³/mol. The first-order chi connectivity index (χ1) is 9.05. The largest absolute Gasteiger partial charge is 0.341 e. The molecule has 1 amide bonds. The summed E-state index contributed by atoms with van der Waals surface area (Å²) in [6.07, 6.45) is 4.41. The summed E-state index contributed by atoms with van der Waals surface area (Å²) in [5, 5.41) is 0. The summed E-state index contributed by atoms with van der Waals surface area (Å²) < 4.78 is 0. The van der Waals surface area contributed by atoms with Gasteiger partial charge in [-0.1, -0.05) is 44.0 Å². The maximum atomic E-state index is 12.5. The van der Waals surface area contributed by atoms with Crippen LogP contribution in [0.1, 0.15) is 43.7 Å². The van der Waals surface area contributed by atoms with Crippen LogP contribution in [0, 0.1) is 5.41 Å². The summed E-state index contributed by atoms with van der Waals surface area (Å²) in [6.45, 7) is 3.32. The van der Waals surface area contributed by atoms with Gasteiger partial charge >= 0.3 is 0 Å². The molecule has 0 spiro atoms. The van der Waals surface area contributed by atoms with Gasteiger partial charge in [-0.2, -0.15) is 0 Å². The van der Waals surface area contributed by atoms with E-state index < -0.39 is 0 Å². The van der Waals surface area contributed by atoms with Gasteiger partial charge in [0.2, 0.25) is 5.91 Å². The third kappa shape index (κ3) is 3.16. The van der Waals surface area contributed by atoms with Crippen LogP contribution in [0.25, 0.3) is 0 Å². The van der Waals surface area contributed by atoms with Gasteiger partial charge in [-0.3, -0.25) is 4.79 Å². The lowest BCUT2D eigenvalue weighted by Crippen LogP contribution is -2.38. The van der Waals surface area contributed by atoms with Crippen molar-refractivity contribution in [2.24, 2.45) is 11.1 Å². The highest BCUT2D eigenvalue weighted by molar-refractivity contribution is 5.82. The first-order valence-electron chi connectivity index (χ1n) is 7.09. The van der Waals surface area contributed by atoms with Crippen LogP contribution in [0.4, 0.5) is 0 Å². The molecule has 1 aliphatic carbocycles. The van der Waals surface area contributed by atoms with Crippen LogP contribution in [-0.4, -0.2) is 17.9 Å². The number of benzene rings is 1. The first kappa shape index (κ1) is 14.1. The average Bonchev–Trinajstić information content (AvgIpc) is 2.86. The van der Waals surface area contributed by atoms with Gasteiger partial charge in [-0.15, -0.1) is 0 Å². The monoisotopic (exact) mass is 260 g/mol. The van der Waals surface area contributed by atoms with Crippen molar-refractivity contribution in [2.45, 2.75) is 45.7 Å². The van der Waals surface area contributed by atoms with Crippen molar-refractivity contribution in [2.75, 3.05) is 7.05 Å². The summed E-state index contributed by atoms with van der Waals surface area (Å²) >= 11 is 0. The average molecular weight is 260 g/mol. The molecule has 1 aromatic rings. The molecular weight excluding hydrogens is 236 g/mol. The first-order valence-corrected chi connectivity index (χ1v) is 7.09. The number of amides is 1. The van der Waals surface area contributed by atoms with E-state index in [1.165, 1.54) is 12.8 Å². The molecule has 1 saturated carbocycles. The van der Waals surface area contributed by atoms with Crippen LogP contribution >= 0.6 is 0 Å². The second-order valence-electron chi connectivity index (χ2n) is 5.95. The molecule has 2 rings (SSSR count). The van der Waals surface area contributed by atoms with E-state index in [1.807, 2.05) is 24.1 Å². The van der Waals surface area contributed by atoms with E-state index in [2.05, 4.69) is 19.1 Å². The molecule has 0 atom stereocenters. The minimum absolute atomic E-state index is 0.139. The van der Waals surface area contributed by atoms with E-state index in [0.29, 0.717) is 13.1 Å². The Morgan fingerprint density at radius 2 is 1.95 bits per heavy atom. The van der Waals surface area contributed by atoms with E-state index in [-0.39, 0.29) is 11.3 Å². The van der Waals surface area contributed by atoms with Gasteiger partial charge in [0.15, 0.2) is 0 Å². The van der Waals surface area contributed by atoms with Crippen molar-refractivity contribution >= 4 is 5.91 Å².